The highest BCUT2D eigenvalue weighted by molar-refractivity contribution is 7.85. The van der Waals surface area contributed by atoms with Crippen LogP contribution in [0.1, 0.15) is 181 Å². The molecule has 12 nitrogen and oxygen atoms in total. The number of rotatable bonds is 37. The predicted molar refractivity (Wildman–Crippen MR) is 229 cm³/mol. The molecule has 0 radical (unpaired) electrons. The van der Waals surface area contributed by atoms with E-state index in [1.165, 1.54) is 89.9 Å². The van der Waals surface area contributed by atoms with E-state index in [9.17, 15) is 37.9 Å². The van der Waals surface area contributed by atoms with E-state index in [0.29, 0.717) is 12.8 Å². The number of hydrogen-bond donors (Lipinski definition) is 4. The molecule has 0 bridgehead atoms. The predicted octanol–water partition coefficient (Wildman–Crippen LogP) is 9.00. The highest BCUT2D eigenvalue weighted by atomic mass is 32.2. The summed E-state index contributed by atoms with van der Waals surface area (Å²) in [7, 11) is -4.61. The summed E-state index contributed by atoms with van der Waals surface area (Å²) in [6, 6.07) is 0. The van der Waals surface area contributed by atoms with Crippen molar-refractivity contribution in [1.29, 1.82) is 0 Å². The van der Waals surface area contributed by atoms with Crippen LogP contribution in [0, 0.1) is 0 Å². The smallest absolute Gasteiger partial charge is 0.306 e. The van der Waals surface area contributed by atoms with Gasteiger partial charge >= 0.3 is 11.9 Å². The van der Waals surface area contributed by atoms with Crippen molar-refractivity contribution in [3.8, 4) is 0 Å². The third-order valence-electron chi connectivity index (χ3n) is 10.2. The molecule has 338 valence electrons. The topological polar surface area (TPSA) is 186 Å². The highest BCUT2D eigenvalue weighted by Crippen LogP contribution is 2.24. The van der Waals surface area contributed by atoms with Crippen LogP contribution in [0.25, 0.3) is 0 Å². The molecule has 1 aliphatic rings. The minimum absolute atomic E-state index is 0.121. The molecule has 1 heterocycles. The first-order valence-corrected chi connectivity index (χ1v) is 24.2. The molecule has 4 N–H and O–H groups in total. The Hall–Kier alpha value is -2.13. The largest absolute Gasteiger partial charge is 0.462 e. The van der Waals surface area contributed by atoms with E-state index in [0.717, 1.165) is 51.4 Å². The lowest BCUT2D eigenvalue weighted by molar-refractivity contribution is -0.297. The number of allylic oxidation sites excluding steroid dienone is 6. The van der Waals surface area contributed by atoms with Crippen LogP contribution in [0.15, 0.2) is 36.5 Å². The Morgan fingerprint density at radius 3 is 1.59 bits per heavy atom. The number of hydrogen-bond acceptors (Lipinski definition) is 11. The number of carbonyl (C=O) groups is 2. The molecule has 1 aliphatic heterocycles. The number of carbonyl (C=O) groups excluding carboxylic acids is 2. The van der Waals surface area contributed by atoms with Crippen molar-refractivity contribution < 1.29 is 56.8 Å². The molecule has 1 saturated heterocycles. The normalized spacial score (nSPS) is 20.7. The van der Waals surface area contributed by atoms with Gasteiger partial charge < -0.3 is 34.3 Å². The molecule has 0 aromatic heterocycles. The average molecular weight is 845 g/mol. The summed E-state index contributed by atoms with van der Waals surface area (Å²) in [5.74, 6) is -2.03. The Kier molecular flexibility index (Phi) is 33.1. The van der Waals surface area contributed by atoms with E-state index in [-0.39, 0.29) is 19.4 Å². The first kappa shape index (κ1) is 53.9. The van der Waals surface area contributed by atoms with Crippen LogP contribution < -0.4 is 0 Å². The van der Waals surface area contributed by atoms with Crippen LogP contribution in [-0.2, 0) is 38.7 Å². The summed E-state index contributed by atoms with van der Waals surface area (Å²) in [5.41, 5.74) is 0. The maximum absolute atomic E-state index is 12.8. The molecule has 6 atom stereocenters. The SMILES string of the molecule is CCCCCC/C=C/CCCCCCCCCC(=O)OC[C@H](CO[C@H]1O[C@H](CS(=O)(=O)O)[C@@H](O)C(O)C1O)OC(=O)CCCC/C=C/C/C=C/CCCCCCCC. The van der Waals surface area contributed by atoms with Crippen LogP contribution in [0.3, 0.4) is 0 Å². The minimum atomic E-state index is -4.61. The van der Waals surface area contributed by atoms with Crippen molar-refractivity contribution in [3.05, 3.63) is 36.5 Å². The van der Waals surface area contributed by atoms with Crippen molar-refractivity contribution in [2.45, 2.75) is 218 Å². The fraction of sp³-hybridized carbons (Fsp3) is 0.822. The molecule has 0 aromatic rings. The molecule has 1 fully saturated rings. The number of aliphatic hydroxyl groups is 3. The second-order valence-corrected chi connectivity index (χ2v) is 17.2. The van der Waals surface area contributed by atoms with Gasteiger partial charge in [0.1, 0.15) is 36.8 Å². The van der Waals surface area contributed by atoms with Crippen molar-refractivity contribution in [2.75, 3.05) is 19.0 Å². The Bertz CT molecular complexity index is 1220. The molecular formula is C45H80O12S. The molecule has 13 heteroatoms. The van der Waals surface area contributed by atoms with Gasteiger partial charge in [0, 0.05) is 12.8 Å². The second kappa shape index (κ2) is 35.6. The maximum Gasteiger partial charge on any atom is 0.306 e. The third kappa shape index (κ3) is 30.0. The Balaban J connectivity index is 2.48. The Morgan fingerprint density at radius 2 is 1.03 bits per heavy atom. The van der Waals surface area contributed by atoms with Crippen molar-refractivity contribution >= 4 is 22.1 Å². The van der Waals surface area contributed by atoms with Crippen LogP contribution in [-0.4, -0.2) is 96.0 Å². The second-order valence-electron chi connectivity index (χ2n) is 15.7. The van der Waals surface area contributed by atoms with E-state index >= 15 is 0 Å². The zero-order valence-corrected chi connectivity index (χ0v) is 36.7. The van der Waals surface area contributed by atoms with Gasteiger partial charge in [-0.15, -0.1) is 0 Å². The summed E-state index contributed by atoms with van der Waals surface area (Å²) in [5, 5.41) is 30.9. The average Bonchev–Trinajstić information content (AvgIpc) is 3.18. The van der Waals surface area contributed by atoms with Crippen molar-refractivity contribution in [2.24, 2.45) is 0 Å². The van der Waals surface area contributed by atoms with E-state index < -0.39 is 71.2 Å². The van der Waals surface area contributed by atoms with Crippen LogP contribution in [0.5, 0.6) is 0 Å². The lowest BCUT2D eigenvalue weighted by atomic mass is 10.00. The number of ether oxygens (including phenoxy) is 4. The monoisotopic (exact) mass is 845 g/mol. The molecule has 1 rings (SSSR count). The fourth-order valence-corrected chi connectivity index (χ4v) is 7.33. The molecule has 0 amide bonds. The van der Waals surface area contributed by atoms with Gasteiger partial charge in [0.25, 0.3) is 10.1 Å². The minimum Gasteiger partial charge on any atom is -0.462 e. The zero-order valence-electron chi connectivity index (χ0n) is 35.9. The molecule has 0 aromatic carbocycles. The molecule has 0 aliphatic carbocycles. The van der Waals surface area contributed by atoms with Gasteiger partial charge in [0.15, 0.2) is 12.4 Å². The van der Waals surface area contributed by atoms with Crippen molar-refractivity contribution in [3.63, 3.8) is 0 Å². The Labute approximate surface area is 351 Å². The standard InChI is InChI=1S/C45H80O12S/c1-3-5-7-9-11-13-15-17-19-21-23-25-27-29-31-33-40(46)54-35-38(36-55-45-44(50)43(49)42(48)39(57-45)37-58(51,52)53)56-41(47)34-32-30-28-26-24-22-20-18-16-14-12-10-8-6-4-2/h13,15,18,20,24,26,38-39,42-45,48-50H,3-12,14,16-17,19,21-23,25,27-37H2,1-2H3,(H,51,52,53)/b15-13+,20-18+,26-24+/t38-,39-,42-,43?,44?,45+/m1/s1. The molecule has 58 heavy (non-hydrogen) atoms. The molecule has 0 spiro atoms. The summed E-state index contributed by atoms with van der Waals surface area (Å²) in [4.78, 5) is 25.4. The fourth-order valence-electron chi connectivity index (χ4n) is 6.64. The van der Waals surface area contributed by atoms with Crippen LogP contribution >= 0.6 is 0 Å². The molecule has 0 saturated carbocycles. The summed E-state index contributed by atoms with van der Waals surface area (Å²) in [6.45, 7) is 3.70. The van der Waals surface area contributed by atoms with E-state index in [4.69, 9.17) is 18.9 Å². The van der Waals surface area contributed by atoms with E-state index in [2.05, 4.69) is 50.3 Å². The number of unbranched alkanes of at least 4 members (excludes halogenated alkanes) is 19. The van der Waals surface area contributed by atoms with Crippen LogP contribution in [0.4, 0.5) is 0 Å². The lowest BCUT2D eigenvalue weighted by Crippen LogP contribution is -2.60. The summed E-state index contributed by atoms with van der Waals surface area (Å²) < 4.78 is 54.0. The van der Waals surface area contributed by atoms with E-state index in [1.54, 1.807) is 0 Å². The van der Waals surface area contributed by atoms with E-state index in [1.807, 2.05) is 0 Å². The zero-order chi connectivity index (χ0) is 42.7. The third-order valence-corrected chi connectivity index (χ3v) is 10.9. The number of esters is 2. The van der Waals surface area contributed by atoms with Crippen LogP contribution in [0.2, 0.25) is 0 Å². The van der Waals surface area contributed by atoms with Gasteiger partial charge in [0.2, 0.25) is 0 Å². The molecular weight excluding hydrogens is 765 g/mol. The first-order chi connectivity index (χ1) is 28.0. The van der Waals surface area contributed by atoms with Gasteiger partial charge in [-0.3, -0.25) is 14.1 Å². The first-order valence-electron chi connectivity index (χ1n) is 22.5. The Morgan fingerprint density at radius 1 is 0.586 bits per heavy atom. The lowest BCUT2D eigenvalue weighted by Gasteiger charge is -2.40. The van der Waals surface area contributed by atoms with Gasteiger partial charge in [-0.25, -0.2) is 0 Å². The maximum atomic E-state index is 12.8. The van der Waals surface area contributed by atoms with Crippen molar-refractivity contribution in [1.82, 2.24) is 0 Å². The molecule has 2 unspecified atom stereocenters. The van der Waals surface area contributed by atoms with Gasteiger partial charge in [-0.2, -0.15) is 8.42 Å². The van der Waals surface area contributed by atoms with Gasteiger partial charge in [0.05, 0.1) is 6.61 Å². The summed E-state index contributed by atoms with van der Waals surface area (Å²) in [6.07, 6.45) is 30.5. The highest BCUT2D eigenvalue weighted by Gasteiger charge is 2.46. The van der Waals surface area contributed by atoms with Gasteiger partial charge in [-0.05, 0) is 70.6 Å². The van der Waals surface area contributed by atoms with Gasteiger partial charge in [-0.1, -0.05) is 134 Å². The quantitative estimate of drug-likeness (QED) is 0.0202. The summed E-state index contributed by atoms with van der Waals surface area (Å²) >= 11 is 0. The number of aliphatic hydroxyl groups excluding tert-OH is 3.